The summed E-state index contributed by atoms with van der Waals surface area (Å²) in [7, 11) is 0. The quantitative estimate of drug-likeness (QED) is 0.859. The first-order valence-electron chi connectivity index (χ1n) is 5.78. The molecule has 2 rings (SSSR count). The highest BCUT2D eigenvalue weighted by atomic mass is 32.1. The third-order valence-corrected chi connectivity index (χ3v) is 3.94. The molecule has 1 aliphatic heterocycles. The van der Waals surface area contributed by atoms with Crippen LogP contribution in [0.5, 0.6) is 0 Å². The van der Waals surface area contributed by atoms with E-state index in [0.717, 1.165) is 37.1 Å². The van der Waals surface area contributed by atoms with Crippen LogP contribution in [0.1, 0.15) is 35.4 Å². The number of hydrogen-bond acceptors (Lipinski definition) is 3. The summed E-state index contributed by atoms with van der Waals surface area (Å²) in [5.74, 6) is 0.0796. The topological polar surface area (TPSA) is 40.5 Å². The van der Waals surface area contributed by atoms with E-state index in [9.17, 15) is 9.90 Å². The van der Waals surface area contributed by atoms with E-state index in [-0.39, 0.29) is 18.6 Å². The van der Waals surface area contributed by atoms with E-state index in [4.69, 9.17) is 0 Å². The Morgan fingerprint density at radius 2 is 2.38 bits per heavy atom. The molecule has 1 amide bonds. The Kier molecular flexibility index (Phi) is 3.96. The van der Waals surface area contributed by atoms with Crippen molar-refractivity contribution in [3.05, 3.63) is 22.4 Å². The van der Waals surface area contributed by atoms with Gasteiger partial charge in [-0.2, -0.15) is 0 Å². The van der Waals surface area contributed by atoms with Gasteiger partial charge >= 0.3 is 0 Å². The van der Waals surface area contributed by atoms with E-state index in [2.05, 4.69) is 0 Å². The second-order valence-corrected chi connectivity index (χ2v) is 5.11. The number of nitrogens with zero attached hydrogens (tertiary/aromatic N) is 1. The van der Waals surface area contributed by atoms with Crippen LogP contribution in [0.2, 0.25) is 0 Å². The summed E-state index contributed by atoms with van der Waals surface area (Å²) in [5, 5.41) is 11.3. The molecule has 0 radical (unpaired) electrons. The second kappa shape index (κ2) is 5.46. The van der Waals surface area contributed by atoms with E-state index in [1.165, 1.54) is 11.3 Å². The first kappa shape index (κ1) is 11.6. The van der Waals surface area contributed by atoms with E-state index < -0.39 is 0 Å². The van der Waals surface area contributed by atoms with Crippen LogP contribution in [0.25, 0.3) is 0 Å². The van der Waals surface area contributed by atoms with Gasteiger partial charge in [0.25, 0.3) is 5.91 Å². The van der Waals surface area contributed by atoms with Crippen LogP contribution in [0.4, 0.5) is 0 Å². The van der Waals surface area contributed by atoms with Crippen LogP contribution < -0.4 is 0 Å². The Balaban J connectivity index is 2.13. The number of aliphatic hydroxyl groups excluding tert-OH is 1. The molecule has 1 aliphatic rings. The molecule has 0 spiro atoms. The van der Waals surface area contributed by atoms with Crippen molar-refractivity contribution in [1.29, 1.82) is 0 Å². The lowest BCUT2D eigenvalue weighted by Gasteiger charge is -2.28. The van der Waals surface area contributed by atoms with Crippen LogP contribution >= 0.6 is 11.3 Å². The van der Waals surface area contributed by atoms with Crippen molar-refractivity contribution in [3.8, 4) is 0 Å². The number of carbonyl (C=O) groups excluding carboxylic acids is 1. The molecule has 1 N–H and O–H groups in total. The molecule has 0 aromatic carbocycles. The van der Waals surface area contributed by atoms with Gasteiger partial charge in [-0.25, -0.2) is 0 Å². The largest absolute Gasteiger partial charge is 0.394 e. The molecule has 0 saturated carbocycles. The molecule has 1 fully saturated rings. The molecule has 0 bridgehead atoms. The van der Waals surface area contributed by atoms with Crippen LogP contribution in [0, 0.1) is 0 Å². The number of hydrogen-bond donors (Lipinski definition) is 1. The smallest absolute Gasteiger partial charge is 0.264 e. The lowest BCUT2D eigenvalue weighted by atomic mass is 10.1. The zero-order chi connectivity index (χ0) is 11.4. The number of thiophene rings is 1. The van der Waals surface area contributed by atoms with Crippen LogP contribution in [-0.2, 0) is 0 Å². The molecule has 4 heteroatoms. The average Bonchev–Trinajstić information content (AvgIpc) is 2.73. The van der Waals surface area contributed by atoms with Crippen LogP contribution in [0.3, 0.4) is 0 Å². The first-order chi connectivity index (χ1) is 7.83. The second-order valence-electron chi connectivity index (χ2n) is 4.16. The summed E-state index contributed by atoms with van der Waals surface area (Å²) in [4.78, 5) is 14.8. The molecule has 1 saturated heterocycles. The Labute approximate surface area is 99.7 Å². The normalized spacial score (nSPS) is 21.8. The van der Waals surface area contributed by atoms with Gasteiger partial charge in [-0.1, -0.05) is 18.9 Å². The molecule has 88 valence electrons. The molecule has 3 nitrogen and oxygen atoms in total. The van der Waals surface area contributed by atoms with Crippen molar-refractivity contribution in [2.75, 3.05) is 13.2 Å². The van der Waals surface area contributed by atoms with Gasteiger partial charge in [-0.3, -0.25) is 4.79 Å². The van der Waals surface area contributed by atoms with Gasteiger partial charge in [0, 0.05) is 6.54 Å². The summed E-state index contributed by atoms with van der Waals surface area (Å²) in [6.07, 6.45) is 4.24. The maximum Gasteiger partial charge on any atom is 0.264 e. The van der Waals surface area contributed by atoms with E-state index in [0.29, 0.717) is 0 Å². The van der Waals surface area contributed by atoms with Crippen molar-refractivity contribution in [3.63, 3.8) is 0 Å². The lowest BCUT2D eigenvalue weighted by molar-refractivity contribution is 0.0604. The maximum absolute atomic E-state index is 12.2. The van der Waals surface area contributed by atoms with E-state index >= 15 is 0 Å². The first-order valence-corrected chi connectivity index (χ1v) is 6.66. The zero-order valence-electron chi connectivity index (χ0n) is 9.26. The Hall–Kier alpha value is -0.870. The summed E-state index contributed by atoms with van der Waals surface area (Å²) in [6, 6.07) is 3.76. The highest BCUT2D eigenvalue weighted by Gasteiger charge is 2.25. The maximum atomic E-state index is 12.2. The van der Waals surface area contributed by atoms with Crippen molar-refractivity contribution in [2.24, 2.45) is 0 Å². The average molecular weight is 239 g/mol. The van der Waals surface area contributed by atoms with Crippen molar-refractivity contribution >= 4 is 17.2 Å². The molecule has 16 heavy (non-hydrogen) atoms. The predicted octanol–water partition coefficient (Wildman–Crippen LogP) is 2.13. The van der Waals surface area contributed by atoms with E-state index in [1.54, 1.807) is 0 Å². The highest BCUT2D eigenvalue weighted by Crippen LogP contribution is 2.20. The summed E-state index contributed by atoms with van der Waals surface area (Å²) >= 11 is 1.47. The SMILES string of the molecule is O=C(c1cccs1)N1CCCCCC1CO. The molecule has 1 atom stereocenters. The fourth-order valence-electron chi connectivity index (χ4n) is 2.18. The molecule has 1 aromatic rings. The van der Waals surface area contributed by atoms with Crippen molar-refractivity contribution in [1.82, 2.24) is 4.90 Å². The third kappa shape index (κ3) is 2.44. The number of likely N-dealkylation sites (tertiary alicyclic amines) is 1. The monoisotopic (exact) mass is 239 g/mol. The summed E-state index contributed by atoms with van der Waals surface area (Å²) in [5.41, 5.74) is 0. The van der Waals surface area contributed by atoms with Gasteiger partial charge in [-0.05, 0) is 24.3 Å². The minimum atomic E-state index is 0.0112. The van der Waals surface area contributed by atoms with Gasteiger partial charge in [0.05, 0.1) is 17.5 Å². The number of carbonyl (C=O) groups is 1. The van der Waals surface area contributed by atoms with Gasteiger partial charge in [-0.15, -0.1) is 11.3 Å². The zero-order valence-corrected chi connectivity index (χ0v) is 10.1. The molecule has 2 heterocycles. The van der Waals surface area contributed by atoms with Crippen molar-refractivity contribution < 1.29 is 9.90 Å². The summed E-state index contributed by atoms with van der Waals surface area (Å²) < 4.78 is 0. The van der Waals surface area contributed by atoms with Gasteiger partial charge in [0.15, 0.2) is 0 Å². The van der Waals surface area contributed by atoms with Crippen LogP contribution in [0.15, 0.2) is 17.5 Å². The van der Waals surface area contributed by atoms with Crippen LogP contribution in [-0.4, -0.2) is 35.1 Å². The molecular weight excluding hydrogens is 222 g/mol. The standard InChI is InChI=1S/C12H17NO2S/c14-9-10-5-2-1-3-7-13(10)12(15)11-6-4-8-16-11/h4,6,8,10,14H,1-3,5,7,9H2. The minimum absolute atomic E-state index is 0.0112. The third-order valence-electron chi connectivity index (χ3n) is 3.08. The highest BCUT2D eigenvalue weighted by molar-refractivity contribution is 7.12. The van der Waals surface area contributed by atoms with Gasteiger partial charge in [0.2, 0.25) is 0 Å². The number of rotatable bonds is 2. The Bertz CT molecular complexity index is 337. The van der Waals surface area contributed by atoms with Gasteiger partial charge in [0.1, 0.15) is 0 Å². The Morgan fingerprint density at radius 1 is 1.50 bits per heavy atom. The number of amides is 1. The fourth-order valence-corrected chi connectivity index (χ4v) is 2.86. The molecule has 1 aromatic heterocycles. The summed E-state index contributed by atoms with van der Waals surface area (Å²) in [6.45, 7) is 0.860. The molecular formula is C12H17NO2S. The minimum Gasteiger partial charge on any atom is -0.394 e. The van der Waals surface area contributed by atoms with E-state index in [1.807, 2.05) is 22.4 Å². The van der Waals surface area contributed by atoms with Gasteiger partial charge < -0.3 is 10.0 Å². The molecule has 1 unspecified atom stereocenters. The van der Waals surface area contributed by atoms with Crippen molar-refractivity contribution in [2.45, 2.75) is 31.7 Å². The molecule has 0 aliphatic carbocycles. The fraction of sp³-hybridized carbons (Fsp3) is 0.583. The lowest BCUT2D eigenvalue weighted by Crippen LogP contribution is -2.41. The number of aliphatic hydroxyl groups is 1. The Morgan fingerprint density at radius 3 is 3.06 bits per heavy atom. The predicted molar refractivity (Wildman–Crippen MR) is 64.7 cm³/mol.